The van der Waals surface area contributed by atoms with E-state index < -0.39 is 0 Å². The summed E-state index contributed by atoms with van der Waals surface area (Å²) >= 11 is 0. The van der Waals surface area contributed by atoms with Crippen LogP contribution in [0.2, 0.25) is 0 Å². The number of aliphatic hydroxyl groups excluding tert-OH is 1. The first kappa shape index (κ1) is 23.2. The molecule has 158 valence electrons. The van der Waals surface area contributed by atoms with Crippen molar-refractivity contribution in [3.8, 4) is 5.75 Å². The van der Waals surface area contributed by atoms with Gasteiger partial charge in [0, 0.05) is 12.0 Å². The Bertz CT molecular complexity index is 1050. The van der Waals surface area contributed by atoms with Crippen LogP contribution in [-0.4, -0.2) is 18.8 Å². The number of ether oxygens (including phenoxy) is 1. The van der Waals surface area contributed by atoms with Gasteiger partial charge in [0.05, 0.1) is 19.3 Å². The highest BCUT2D eigenvalue weighted by Crippen LogP contribution is 2.23. The van der Waals surface area contributed by atoms with Crippen LogP contribution in [0.15, 0.2) is 57.8 Å². The van der Waals surface area contributed by atoms with Crippen LogP contribution in [0.3, 0.4) is 0 Å². The van der Waals surface area contributed by atoms with Gasteiger partial charge in [0.25, 0.3) is 0 Å². The molecular weight excluding hydrogens is 376 g/mol. The quantitative estimate of drug-likeness (QED) is 0.608. The summed E-state index contributed by atoms with van der Waals surface area (Å²) in [6, 6.07) is 4.25. The standard InChI is InChI=1S/C26H30O4/c1-18-16-22(19(2)23(17-18)13-11-15-27)12-9-7-6-8-10-14-24-20(3)25(29-5)21(4)26(28)30-24/h6-13,16-17,27H,14-15H2,1-5H3. The number of hydrogen-bond donors (Lipinski definition) is 1. The second-order valence-corrected chi connectivity index (χ2v) is 7.13. The molecule has 0 bridgehead atoms. The normalized spacial score (nSPS) is 12.2. The van der Waals surface area contributed by atoms with Gasteiger partial charge >= 0.3 is 5.63 Å². The molecule has 0 radical (unpaired) electrons. The van der Waals surface area contributed by atoms with Crippen molar-refractivity contribution >= 4 is 12.2 Å². The maximum Gasteiger partial charge on any atom is 0.342 e. The molecule has 2 aromatic rings. The third kappa shape index (κ3) is 5.94. The van der Waals surface area contributed by atoms with Crippen molar-refractivity contribution in [2.24, 2.45) is 0 Å². The first-order valence-electron chi connectivity index (χ1n) is 9.94. The monoisotopic (exact) mass is 406 g/mol. The lowest BCUT2D eigenvalue weighted by Gasteiger charge is -2.09. The second kappa shape index (κ2) is 11.2. The largest absolute Gasteiger partial charge is 0.496 e. The Hall–Kier alpha value is -3.11. The molecule has 1 N–H and O–H groups in total. The van der Waals surface area contributed by atoms with E-state index in [4.69, 9.17) is 14.3 Å². The number of hydrogen-bond acceptors (Lipinski definition) is 4. The van der Waals surface area contributed by atoms with E-state index in [9.17, 15) is 4.79 Å². The lowest BCUT2D eigenvalue weighted by atomic mass is 9.98. The van der Waals surface area contributed by atoms with Crippen LogP contribution in [0.5, 0.6) is 5.75 Å². The summed E-state index contributed by atoms with van der Waals surface area (Å²) < 4.78 is 10.7. The molecule has 0 aliphatic carbocycles. The fourth-order valence-electron chi connectivity index (χ4n) is 3.25. The van der Waals surface area contributed by atoms with E-state index in [1.165, 1.54) is 11.1 Å². The number of aliphatic hydroxyl groups is 1. The molecule has 2 rings (SSSR count). The predicted molar refractivity (Wildman–Crippen MR) is 124 cm³/mol. The predicted octanol–water partition coefficient (Wildman–Crippen LogP) is 5.26. The molecule has 0 spiro atoms. The van der Waals surface area contributed by atoms with Crippen molar-refractivity contribution in [2.75, 3.05) is 13.7 Å². The molecule has 1 aromatic carbocycles. The van der Waals surface area contributed by atoms with E-state index in [-0.39, 0.29) is 12.2 Å². The Morgan fingerprint density at radius 2 is 1.57 bits per heavy atom. The van der Waals surface area contributed by atoms with Gasteiger partial charge < -0.3 is 14.3 Å². The van der Waals surface area contributed by atoms with Crippen molar-refractivity contribution in [3.63, 3.8) is 0 Å². The Kier molecular flexibility index (Phi) is 8.63. The maximum absolute atomic E-state index is 11.9. The SMILES string of the molecule is COc1c(C)c(CC=CC=CC=Cc2cc(C)cc(C=CCO)c2C)oc(=O)c1C. The minimum atomic E-state index is -0.360. The zero-order valence-corrected chi connectivity index (χ0v) is 18.4. The van der Waals surface area contributed by atoms with Gasteiger partial charge in [-0.3, -0.25) is 0 Å². The van der Waals surface area contributed by atoms with Gasteiger partial charge in [-0.1, -0.05) is 60.7 Å². The molecular formula is C26H30O4. The summed E-state index contributed by atoms with van der Waals surface area (Å²) in [5, 5.41) is 9.00. The third-order valence-corrected chi connectivity index (χ3v) is 4.91. The van der Waals surface area contributed by atoms with E-state index in [2.05, 4.69) is 32.1 Å². The van der Waals surface area contributed by atoms with Crippen molar-refractivity contribution in [1.29, 1.82) is 0 Å². The molecule has 0 aliphatic rings. The fraction of sp³-hybridized carbons (Fsp3) is 0.269. The molecule has 0 aliphatic heterocycles. The zero-order valence-electron chi connectivity index (χ0n) is 18.4. The van der Waals surface area contributed by atoms with Gasteiger partial charge in [0.2, 0.25) is 0 Å². The zero-order chi connectivity index (χ0) is 22.1. The average molecular weight is 407 g/mol. The van der Waals surface area contributed by atoms with Crippen LogP contribution < -0.4 is 10.4 Å². The Morgan fingerprint density at radius 1 is 0.900 bits per heavy atom. The molecule has 0 saturated carbocycles. The molecule has 4 nitrogen and oxygen atoms in total. The summed E-state index contributed by atoms with van der Waals surface area (Å²) in [6.45, 7) is 7.77. The summed E-state index contributed by atoms with van der Waals surface area (Å²) in [6.07, 6.45) is 16.0. The Morgan fingerprint density at radius 3 is 2.23 bits per heavy atom. The van der Waals surface area contributed by atoms with Crippen molar-refractivity contribution < 1.29 is 14.3 Å². The molecule has 1 aromatic heterocycles. The van der Waals surface area contributed by atoms with Crippen LogP contribution in [0.1, 0.15) is 39.1 Å². The van der Waals surface area contributed by atoms with Crippen LogP contribution in [-0.2, 0) is 6.42 Å². The fourth-order valence-corrected chi connectivity index (χ4v) is 3.25. The van der Waals surface area contributed by atoms with E-state index in [0.29, 0.717) is 23.5 Å². The molecule has 1 heterocycles. The van der Waals surface area contributed by atoms with Gasteiger partial charge in [-0.2, -0.15) is 0 Å². The summed E-state index contributed by atoms with van der Waals surface area (Å²) in [5.41, 5.74) is 5.58. The number of allylic oxidation sites excluding steroid dienone is 5. The molecule has 30 heavy (non-hydrogen) atoms. The van der Waals surface area contributed by atoms with E-state index in [1.54, 1.807) is 20.1 Å². The van der Waals surface area contributed by atoms with Gasteiger partial charge in [0.1, 0.15) is 11.5 Å². The van der Waals surface area contributed by atoms with Gasteiger partial charge in [0.15, 0.2) is 0 Å². The Labute approximate surface area is 178 Å². The second-order valence-electron chi connectivity index (χ2n) is 7.13. The maximum atomic E-state index is 11.9. The minimum absolute atomic E-state index is 0.0337. The summed E-state index contributed by atoms with van der Waals surface area (Å²) in [7, 11) is 1.56. The lowest BCUT2D eigenvalue weighted by Crippen LogP contribution is -2.09. The number of aryl methyl sites for hydroxylation is 1. The summed E-state index contributed by atoms with van der Waals surface area (Å²) in [5.74, 6) is 1.20. The van der Waals surface area contributed by atoms with Gasteiger partial charge in [-0.25, -0.2) is 4.79 Å². The van der Waals surface area contributed by atoms with Crippen LogP contribution in [0, 0.1) is 27.7 Å². The van der Waals surface area contributed by atoms with E-state index >= 15 is 0 Å². The highest BCUT2D eigenvalue weighted by molar-refractivity contribution is 5.65. The smallest absolute Gasteiger partial charge is 0.342 e. The lowest BCUT2D eigenvalue weighted by molar-refractivity contribution is 0.343. The number of benzene rings is 1. The van der Waals surface area contributed by atoms with Crippen molar-refractivity contribution in [3.05, 3.63) is 98.1 Å². The van der Waals surface area contributed by atoms with Crippen molar-refractivity contribution in [1.82, 2.24) is 0 Å². The molecule has 4 heteroatoms. The molecule has 0 saturated heterocycles. The van der Waals surface area contributed by atoms with Gasteiger partial charge in [-0.05, 0) is 49.9 Å². The first-order chi connectivity index (χ1) is 14.4. The van der Waals surface area contributed by atoms with Crippen LogP contribution in [0.4, 0.5) is 0 Å². The number of rotatable bonds is 8. The van der Waals surface area contributed by atoms with E-state index in [0.717, 1.165) is 16.7 Å². The molecule has 0 atom stereocenters. The van der Waals surface area contributed by atoms with E-state index in [1.807, 2.05) is 43.4 Å². The van der Waals surface area contributed by atoms with Gasteiger partial charge in [-0.15, -0.1) is 0 Å². The first-order valence-corrected chi connectivity index (χ1v) is 9.94. The molecule has 0 fully saturated rings. The molecule has 0 amide bonds. The highest BCUT2D eigenvalue weighted by atomic mass is 16.5. The van der Waals surface area contributed by atoms with Crippen LogP contribution >= 0.6 is 0 Å². The third-order valence-electron chi connectivity index (χ3n) is 4.91. The topological polar surface area (TPSA) is 59.7 Å². The van der Waals surface area contributed by atoms with Crippen LogP contribution in [0.25, 0.3) is 12.2 Å². The number of methoxy groups -OCH3 is 1. The minimum Gasteiger partial charge on any atom is -0.496 e. The van der Waals surface area contributed by atoms with Crippen molar-refractivity contribution in [2.45, 2.75) is 34.1 Å². The average Bonchev–Trinajstić information content (AvgIpc) is 2.72. The highest BCUT2D eigenvalue weighted by Gasteiger charge is 2.13. The summed E-state index contributed by atoms with van der Waals surface area (Å²) in [4.78, 5) is 11.9. The Balaban J connectivity index is 2.06. The molecule has 0 unspecified atom stereocenters.